The van der Waals surface area contributed by atoms with Crippen molar-refractivity contribution in [1.82, 2.24) is 4.98 Å². The lowest BCUT2D eigenvalue weighted by Gasteiger charge is -2.23. The van der Waals surface area contributed by atoms with Gasteiger partial charge in [0.05, 0.1) is 30.9 Å². The molecule has 0 amide bonds. The molecule has 0 aliphatic heterocycles. The summed E-state index contributed by atoms with van der Waals surface area (Å²) in [5, 5.41) is 0.680. The van der Waals surface area contributed by atoms with Crippen LogP contribution in [0, 0.1) is 6.92 Å². The van der Waals surface area contributed by atoms with Crippen molar-refractivity contribution in [2.75, 3.05) is 14.2 Å². The van der Waals surface area contributed by atoms with Gasteiger partial charge in [-0.25, -0.2) is 4.98 Å². The Labute approximate surface area is 199 Å². The summed E-state index contributed by atoms with van der Waals surface area (Å²) in [5.74, 6) is 0.945. The standard InChI is InChI=1S/C24H24F3NO3S2/c1-14-20(33-21(28-14)15-6-8-16(9-7-15)24(25,26)27)13-32-19-11-10-17(12-18(19)30-4)23(2,3)22(29)31-5/h6-12H,13H2,1-5H3. The summed E-state index contributed by atoms with van der Waals surface area (Å²) in [6.07, 6.45) is -4.36. The highest BCUT2D eigenvalue weighted by molar-refractivity contribution is 7.98. The van der Waals surface area contributed by atoms with Crippen molar-refractivity contribution in [2.45, 2.75) is 43.0 Å². The van der Waals surface area contributed by atoms with Gasteiger partial charge in [0, 0.05) is 21.1 Å². The number of ether oxygens (including phenoxy) is 2. The Balaban J connectivity index is 1.78. The summed E-state index contributed by atoms with van der Waals surface area (Å²) in [4.78, 5) is 18.6. The Morgan fingerprint density at radius 2 is 1.70 bits per heavy atom. The minimum atomic E-state index is -4.36. The fraction of sp³-hybridized carbons (Fsp3) is 0.333. The van der Waals surface area contributed by atoms with E-state index < -0.39 is 17.2 Å². The monoisotopic (exact) mass is 495 g/mol. The molecule has 0 saturated heterocycles. The Morgan fingerprint density at radius 1 is 1.06 bits per heavy atom. The SMILES string of the molecule is COC(=O)C(C)(C)c1ccc(SCc2sc(-c3ccc(C(F)(F)F)cc3)nc2C)c(OC)c1. The predicted molar refractivity (Wildman–Crippen MR) is 125 cm³/mol. The predicted octanol–water partition coefficient (Wildman–Crippen LogP) is 6.89. The van der Waals surface area contributed by atoms with Crippen LogP contribution in [0.1, 0.15) is 35.5 Å². The number of carbonyl (C=O) groups is 1. The maximum absolute atomic E-state index is 12.8. The van der Waals surface area contributed by atoms with Crippen LogP contribution in [0.15, 0.2) is 47.4 Å². The van der Waals surface area contributed by atoms with E-state index >= 15 is 0 Å². The summed E-state index contributed by atoms with van der Waals surface area (Å²) in [6, 6.07) is 10.7. The molecule has 33 heavy (non-hydrogen) atoms. The molecule has 0 aliphatic carbocycles. The molecular weight excluding hydrogens is 471 g/mol. The number of thiazole rings is 1. The number of rotatable bonds is 7. The summed E-state index contributed by atoms with van der Waals surface area (Å²) in [6.45, 7) is 5.48. The molecule has 1 aromatic heterocycles. The van der Waals surface area contributed by atoms with Crippen LogP contribution < -0.4 is 4.74 Å². The van der Waals surface area contributed by atoms with Gasteiger partial charge in [0.25, 0.3) is 0 Å². The highest BCUT2D eigenvalue weighted by Crippen LogP contribution is 2.39. The molecule has 0 bridgehead atoms. The summed E-state index contributed by atoms with van der Waals surface area (Å²) in [7, 11) is 2.94. The second-order valence-corrected chi connectivity index (χ2v) is 9.97. The first-order chi connectivity index (χ1) is 15.5. The van der Waals surface area contributed by atoms with E-state index in [-0.39, 0.29) is 5.97 Å². The van der Waals surface area contributed by atoms with Crippen molar-refractivity contribution in [3.8, 4) is 16.3 Å². The van der Waals surface area contributed by atoms with E-state index in [0.29, 0.717) is 22.1 Å². The summed E-state index contributed by atoms with van der Waals surface area (Å²) >= 11 is 3.02. The second kappa shape index (κ2) is 9.77. The fourth-order valence-corrected chi connectivity index (χ4v) is 5.40. The summed E-state index contributed by atoms with van der Waals surface area (Å²) in [5.41, 5.74) is 0.787. The number of esters is 1. The average Bonchev–Trinajstić information content (AvgIpc) is 3.16. The van der Waals surface area contributed by atoms with Gasteiger partial charge in [-0.3, -0.25) is 4.79 Å². The van der Waals surface area contributed by atoms with Crippen molar-refractivity contribution in [3.63, 3.8) is 0 Å². The molecule has 0 N–H and O–H groups in total. The lowest BCUT2D eigenvalue weighted by atomic mass is 9.84. The van der Waals surface area contributed by atoms with Crippen LogP contribution in [0.4, 0.5) is 13.2 Å². The Hall–Kier alpha value is -2.52. The van der Waals surface area contributed by atoms with Gasteiger partial charge in [-0.1, -0.05) is 18.2 Å². The van der Waals surface area contributed by atoms with E-state index in [4.69, 9.17) is 9.47 Å². The molecule has 0 unspecified atom stereocenters. The first-order valence-electron chi connectivity index (χ1n) is 10.0. The highest BCUT2D eigenvalue weighted by atomic mass is 32.2. The first-order valence-corrected chi connectivity index (χ1v) is 11.8. The number of carbonyl (C=O) groups excluding carboxylic acids is 1. The molecule has 4 nitrogen and oxygen atoms in total. The number of halogens is 3. The molecule has 0 radical (unpaired) electrons. The lowest BCUT2D eigenvalue weighted by Crippen LogP contribution is -2.30. The Morgan fingerprint density at radius 3 is 2.27 bits per heavy atom. The number of hydrogen-bond acceptors (Lipinski definition) is 6. The third-order valence-electron chi connectivity index (χ3n) is 5.29. The van der Waals surface area contributed by atoms with Crippen LogP contribution in [-0.2, 0) is 26.9 Å². The van der Waals surface area contributed by atoms with Crippen LogP contribution in [0.25, 0.3) is 10.6 Å². The van der Waals surface area contributed by atoms with Crippen LogP contribution in [-0.4, -0.2) is 25.2 Å². The molecule has 0 fully saturated rings. The van der Waals surface area contributed by atoms with Gasteiger partial charge < -0.3 is 9.47 Å². The molecule has 2 aromatic carbocycles. The van der Waals surface area contributed by atoms with Gasteiger partial charge in [0.15, 0.2) is 0 Å². The van der Waals surface area contributed by atoms with E-state index in [1.807, 2.05) is 25.1 Å². The zero-order valence-electron chi connectivity index (χ0n) is 18.9. The van der Waals surface area contributed by atoms with Crippen LogP contribution in [0.5, 0.6) is 5.75 Å². The maximum Gasteiger partial charge on any atom is 0.416 e. The van der Waals surface area contributed by atoms with Crippen LogP contribution in [0.3, 0.4) is 0 Å². The minimum Gasteiger partial charge on any atom is -0.496 e. The maximum atomic E-state index is 12.8. The molecule has 0 aliphatic rings. The van der Waals surface area contributed by atoms with Crippen molar-refractivity contribution >= 4 is 29.1 Å². The van der Waals surface area contributed by atoms with Gasteiger partial charge in [-0.05, 0) is 50.6 Å². The molecule has 0 atom stereocenters. The van der Waals surface area contributed by atoms with Crippen molar-refractivity contribution < 1.29 is 27.4 Å². The molecular formula is C24H24F3NO3S2. The average molecular weight is 496 g/mol. The zero-order valence-corrected chi connectivity index (χ0v) is 20.5. The molecule has 0 spiro atoms. The fourth-order valence-electron chi connectivity index (χ4n) is 3.18. The molecule has 0 saturated carbocycles. The quantitative estimate of drug-likeness (QED) is 0.264. The largest absolute Gasteiger partial charge is 0.496 e. The highest BCUT2D eigenvalue weighted by Gasteiger charge is 2.32. The Kier molecular flexibility index (Phi) is 7.43. The minimum absolute atomic E-state index is 0.332. The molecule has 3 aromatic rings. The van der Waals surface area contributed by atoms with Crippen molar-refractivity contribution in [1.29, 1.82) is 0 Å². The van der Waals surface area contributed by atoms with Gasteiger partial charge in [-0.15, -0.1) is 23.1 Å². The normalized spacial score (nSPS) is 12.0. The molecule has 176 valence electrons. The van der Waals surface area contributed by atoms with Gasteiger partial charge >= 0.3 is 12.1 Å². The van der Waals surface area contributed by atoms with Gasteiger partial charge in [0.1, 0.15) is 10.8 Å². The number of hydrogen-bond donors (Lipinski definition) is 0. The topological polar surface area (TPSA) is 48.4 Å². The third-order valence-corrected chi connectivity index (χ3v) is 7.76. The number of nitrogens with zero attached hydrogens (tertiary/aromatic N) is 1. The van der Waals surface area contributed by atoms with E-state index in [2.05, 4.69) is 4.98 Å². The third kappa shape index (κ3) is 5.52. The Bertz CT molecular complexity index is 1140. The first kappa shape index (κ1) is 25.1. The molecule has 1 heterocycles. The van der Waals surface area contributed by atoms with Crippen molar-refractivity contribution in [2.24, 2.45) is 0 Å². The lowest BCUT2D eigenvalue weighted by molar-refractivity contribution is -0.146. The number of thioether (sulfide) groups is 1. The van der Waals surface area contributed by atoms with Crippen molar-refractivity contribution in [3.05, 3.63) is 64.2 Å². The van der Waals surface area contributed by atoms with Gasteiger partial charge in [-0.2, -0.15) is 13.2 Å². The van der Waals surface area contributed by atoms with E-state index in [1.165, 1.54) is 30.6 Å². The number of benzene rings is 2. The second-order valence-electron chi connectivity index (χ2n) is 7.87. The van der Waals surface area contributed by atoms with Crippen LogP contribution >= 0.6 is 23.1 Å². The molecule has 3 rings (SSSR count). The number of aromatic nitrogens is 1. The van der Waals surface area contributed by atoms with E-state index in [0.717, 1.165) is 33.2 Å². The van der Waals surface area contributed by atoms with Crippen LogP contribution in [0.2, 0.25) is 0 Å². The number of methoxy groups -OCH3 is 2. The zero-order chi connectivity index (χ0) is 24.4. The smallest absolute Gasteiger partial charge is 0.416 e. The number of aryl methyl sites for hydroxylation is 1. The van der Waals surface area contributed by atoms with E-state index in [1.54, 1.807) is 32.7 Å². The van der Waals surface area contributed by atoms with Gasteiger partial charge in [0.2, 0.25) is 0 Å². The van der Waals surface area contributed by atoms with E-state index in [9.17, 15) is 18.0 Å². The number of alkyl halides is 3. The molecule has 9 heteroatoms. The summed E-state index contributed by atoms with van der Waals surface area (Å²) < 4.78 is 48.9.